The van der Waals surface area contributed by atoms with Crippen molar-refractivity contribution >= 4 is 11.7 Å². The van der Waals surface area contributed by atoms with Gasteiger partial charge in [0.25, 0.3) is 5.88 Å². The van der Waals surface area contributed by atoms with Gasteiger partial charge in [-0.15, -0.1) is 0 Å². The molecule has 1 aromatic heterocycles. The molecule has 0 saturated carbocycles. The second-order valence-electron chi connectivity index (χ2n) is 8.36. The van der Waals surface area contributed by atoms with Crippen molar-refractivity contribution in [2.75, 3.05) is 32.1 Å². The first-order valence-electron chi connectivity index (χ1n) is 10.9. The molecule has 1 atom stereocenters. The first kappa shape index (κ1) is 20.3. The van der Waals surface area contributed by atoms with Crippen LogP contribution in [0.15, 0.2) is 60.9 Å². The van der Waals surface area contributed by atoms with E-state index < -0.39 is 0 Å². The number of carbonyl (C=O) groups is 1. The summed E-state index contributed by atoms with van der Waals surface area (Å²) in [6, 6.07) is 15.6. The van der Waals surface area contributed by atoms with E-state index in [0.29, 0.717) is 24.8 Å². The number of aromatic nitrogens is 2. The molecule has 0 aliphatic carbocycles. The van der Waals surface area contributed by atoms with Crippen LogP contribution in [-0.4, -0.2) is 54.1 Å². The molecule has 0 spiro atoms. The highest BCUT2D eigenvalue weighted by Gasteiger charge is 2.37. The molecule has 2 aromatic carbocycles. The third kappa shape index (κ3) is 3.75. The largest absolute Gasteiger partial charge is 0.470 e. The van der Waals surface area contributed by atoms with Gasteiger partial charge in [0.05, 0.1) is 12.5 Å². The van der Waals surface area contributed by atoms with Gasteiger partial charge in [-0.05, 0) is 25.0 Å². The van der Waals surface area contributed by atoms with Crippen molar-refractivity contribution in [2.45, 2.75) is 24.9 Å². The third-order valence-corrected chi connectivity index (χ3v) is 5.97. The number of amides is 1. The lowest BCUT2D eigenvalue weighted by atomic mass is 9.86. The Kier molecular flexibility index (Phi) is 5.39. The molecule has 3 aromatic rings. The van der Waals surface area contributed by atoms with Crippen LogP contribution < -0.4 is 14.4 Å². The summed E-state index contributed by atoms with van der Waals surface area (Å²) < 4.78 is 12.3. The second kappa shape index (κ2) is 8.49. The fourth-order valence-corrected chi connectivity index (χ4v) is 4.46. The number of carbonyl (C=O) groups excluding carboxylic acids is 1. The van der Waals surface area contributed by atoms with Gasteiger partial charge in [0, 0.05) is 44.2 Å². The average molecular weight is 431 g/mol. The van der Waals surface area contributed by atoms with Crippen molar-refractivity contribution in [3.8, 4) is 17.4 Å². The molecule has 3 heterocycles. The average Bonchev–Trinajstić information content (AvgIpc) is 2.82. The normalized spacial score (nSPS) is 17.7. The smallest absolute Gasteiger partial charge is 0.257 e. The molecule has 164 valence electrons. The summed E-state index contributed by atoms with van der Waals surface area (Å²) in [7, 11) is 3.82. The number of hydrogen-bond donors (Lipinski definition) is 0. The van der Waals surface area contributed by atoms with Crippen molar-refractivity contribution in [1.29, 1.82) is 0 Å². The van der Waals surface area contributed by atoms with Crippen LogP contribution in [0.1, 0.15) is 29.9 Å². The van der Waals surface area contributed by atoms with E-state index in [9.17, 15) is 4.79 Å². The first-order chi connectivity index (χ1) is 15.6. The fraction of sp³-hybridized carbons (Fsp3) is 0.320. The summed E-state index contributed by atoms with van der Waals surface area (Å²) in [6.45, 7) is 1.23. The van der Waals surface area contributed by atoms with Gasteiger partial charge in [0.15, 0.2) is 5.82 Å². The molecule has 1 unspecified atom stereocenters. The van der Waals surface area contributed by atoms with E-state index in [1.807, 2.05) is 72.4 Å². The van der Waals surface area contributed by atoms with E-state index in [1.54, 1.807) is 12.4 Å². The van der Waals surface area contributed by atoms with Crippen molar-refractivity contribution in [3.05, 3.63) is 72.1 Å². The summed E-state index contributed by atoms with van der Waals surface area (Å²) in [5.74, 6) is 2.35. The molecule has 2 aliphatic heterocycles. The molecular weight excluding hydrogens is 404 g/mol. The highest BCUT2D eigenvalue weighted by molar-refractivity contribution is 5.89. The quantitative estimate of drug-likeness (QED) is 0.626. The van der Waals surface area contributed by atoms with Gasteiger partial charge in [0.1, 0.15) is 17.6 Å². The Labute approximate surface area is 187 Å². The van der Waals surface area contributed by atoms with Crippen LogP contribution in [-0.2, 0) is 4.79 Å². The van der Waals surface area contributed by atoms with Gasteiger partial charge < -0.3 is 19.3 Å². The van der Waals surface area contributed by atoms with Crippen molar-refractivity contribution in [1.82, 2.24) is 14.9 Å². The Morgan fingerprint density at radius 2 is 1.69 bits per heavy atom. The molecule has 0 bridgehead atoms. The van der Waals surface area contributed by atoms with Gasteiger partial charge >= 0.3 is 0 Å². The number of rotatable bonds is 4. The molecular formula is C25H26N4O3. The topological polar surface area (TPSA) is 67.8 Å². The van der Waals surface area contributed by atoms with Crippen LogP contribution in [0.5, 0.6) is 17.4 Å². The highest BCUT2D eigenvalue weighted by Crippen LogP contribution is 2.44. The van der Waals surface area contributed by atoms with E-state index >= 15 is 0 Å². The first-order valence-corrected chi connectivity index (χ1v) is 10.9. The minimum Gasteiger partial charge on any atom is -0.470 e. The number of fused-ring (bicyclic) bond motifs is 2. The predicted molar refractivity (Wildman–Crippen MR) is 121 cm³/mol. The van der Waals surface area contributed by atoms with E-state index in [0.717, 1.165) is 35.5 Å². The van der Waals surface area contributed by atoms with Gasteiger partial charge in [-0.25, -0.2) is 9.97 Å². The molecule has 32 heavy (non-hydrogen) atoms. The Bertz CT molecular complexity index is 1090. The number of nitrogens with zero attached hydrogens (tertiary/aromatic N) is 4. The zero-order valence-electron chi connectivity index (χ0n) is 18.3. The summed E-state index contributed by atoms with van der Waals surface area (Å²) in [5, 5.41) is 0. The maximum atomic E-state index is 13.8. The van der Waals surface area contributed by atoms with Crippen molar-refractivity contribution in [2.24, 2.45) is 0 Å². The number of hydrogen-bond acceptors (Lipinski definition) is 6. The number of piperidine rings is 1. The zero-order chi connectivity index (χ0) is 22.1. The van der Waals surface area contributed by atoms with E-state index in [1.165, 1.54) is 0 Å². The molecule has 7 heteroatoms. The number of para-hydroxylation sites is 2. The van der Waals surface area contributed by atoms with Crippen LogP contribution in [0, 0.1) is 0 Å². The minimum absolute atomic E-state index is 0.0773. The van der Waals surface area contributed by atoms with Crippen LogP contribution in [0.2, 0.25) is 0 Å². The lowest BCUT2D eigenvalue weighted by molar-refractivity contribution is -0.134. The SMILES string of the molecule is CN(C)c1nccnc1OC1CCCN(C(=O)C2c3ccccc3Oc3ccccc32)C1. The van der Waals surface area contributed by atoms with Crippen LogP contribution in [0.25, 0.3) is 0 Å². The van der Waals surface area contributed by atoms with Crippen molar-refractivity contribution in [3.63, 3.8) is 0 Å². The molecule has 1 saturated heterocycles. The van der Waals surface area contributed by atoms with Gasteiger partial charge in [-0.1, -0.05) is 36.4 Å². The summed E-state index contributed by atoms with van der Waals surface area (Å²) >= 11 is 0. The van der Waals surface area contributed by atoms with Crippen LogP contribution >= 0.6 is 0 Å². The lowest BCUT2D eigenvalue weighted by Crippen LogP contribution is -2.46. The summed E-state index contributed by atoms with van der Waals surface area (Å²) in [5.41, 5.74) is 1.81. The standard InChI is InChI=1S/C25H26N4O3/c1-28(2)23-24(27-14-13-26-23)31-17-8-7-15-29(16-17)25(30)22-18-9-3-5-11-20(18)32-21-12-6-4-10-19(21)22/h3-6,9-14,17,22H,7-8,15-16H2,1-2H3. The molecule has 0 radical (unpaired) electrons. The summed E-state index contributed by atoms with van der Waals surface area (Å²) in [4.78, 5) is 26.4. The molecule has 2 aliphatic rings. The van der Waals surface area contributed by atoms with E-state index in [-0.39, 0.29) is 17.9 Å². The highest BCUT2D eigenvalue weighted by atomic mass is 16.5. The summed E-state index contributed by atoms with van der Waals surface area (Å²) in [6.07, 6.45) is 4.89. The van der Waals surface area contributed by atoms with E-state index in [2.05, 4.69) is 9.97 Å². The minimum atomic E-state index is -0.385. The van der Waals surface area contributed by atoms with Gasteiger partial charge in [0.2, 0.25) is 5.91 Å². The van der Waals surface area contributed by atoms with Crippen LogP contribution in [0.4, 0.5) is 5.82 Å². The lowest BCUT2D eigenvalue weighted by Gasteiger charge is -2.36. The maximum absolute atomic E-state index is 13.8. The number of ether oxygens (including phenoxy) is 2. The number of benzene rings is 2. The predicted octanol–water partition coefficient (Wildman–Crippen LogP) is 3.85. The maximum Gasteiger partial charge on any atom is 0.257 e. The second-order valence-corrected chi connectivity index (χ2v) is 8.36. The molecule has 0 N–H and O–H groups in total. The number of anilines is 1. The van der Waals surface area contributed by atoms with Gasteiger partial charge in [-0.3, -0.25) is 4.79 Å². The van der Waals surface area contributed by atoms with Crippen LogP contribution in [0.3, 0.4) is 0 Å². The third-order valence-electron chi connectivity index (χ3n) is 5.97. The number of likely N-dealkylation sites (tertiary alicyclic amines) is 1. The fourth-order valence-electron chi connectivity index (χ4n) is 4.46. The Morgan fingerprint density at radius 1 is 1.03 bits per heavy atom. The Morgan fingerprint density at radius 3 is 2.38 bits per heavy atom. The monoisotopic (exact) mass is 430 g/mol. The Hall–Kier alpha value is -3.61. The molecule has 5 rings (SSSR count). The molecule has 1 fully saturated rings. The van der Waals surface area contributed by atoms with Gasteiger partial charge in [-0.2, -0.15) is 0 Å². The molecule has 7 nitrogen and oxygen atoms in total. The Balaban J connectivity index is 1.40. The van der Waals surface area contributed by atoms with Crippen molar-refractivity contribution < 1.29 is 14.3 Å². The molecule has 1 amide bonds. The van der Waals surface area contributed by atoms with E-state index in [4.69, 9.17) is 9.47 Å². The zero-order valence-corrected chi connectivity index (χ0v) is 18.3.